The molecule has 1 rings (SSSR count). The number of halogens is 1. The lowest BCUT2D eigenvalue weighted by atomic mass is 10.1. The van der Waals surface area contributed by atoms with Gasteiger partial charge < -0.3 is 15.5 Å². The lowest BCUT2D eigenvalue weighted by Crippen LogP contribution is -2.23. The molecule has 1 aromatic rings. The lowest BCUT2D eigenvalue weighted by molar-refractivity contribution is -0.384. The fourth-order valence-corrected chi connectivity index (χ4v) is 2.02. The van der Waals surface area contributed by atoms with Crippen LogP contribution in [0.15, 0.2) is 10.5 Å². The second-order valence-electron chi connectivity index (χ2n) is 3.98. The second kappa shape index (κ2) is 6.12. The number of rotatable bonds is 5. The Bertz CT molecular complexity index is 465. The van der Waals surface area contributed by atoms with Crippen molar-refractivity contribution in [3.63, 3.8) is 0 Å². The molecule has 0 heterocycles. The number of aliphatic hydroxyl groups excluding tert-OH is 2. The minimum atomic E-state index is -0.951. The average Bonchev–Trinajstić information content (AvgIpc) is 2.33. The maximum absolute atomic E-state index is 11.0. The molecule has 0 fully saturated rings. The first-order valence-corrected chi connectivity index (χ1v) is 6.14. The third-order valence-electron chi connectivity index (χ3n) is 2.74. The fourth-order valence-electron chi connectivity index (χ4n) is 1.51. The van der Waals surface area contributed by atoms with Crippen LogP contribution in [-0.2, 0) is 0 Å². The van der Waals surface area contributed by atoms with E-state index < -0.39 is 17.6 Å². The highest BCUT2D eigenvalue weighted by atomic mass is 79.9. The highest BCUT2D eigenvalue weighted by Gasteiger charge is 2.20. The molecule has 1 atom stereocenters. The molecule has 0 aliphatic carbocycles. The van der Waals surface area contributed by atoms with Gasteiger partial charge in [0, 0.05) is 17.1 Å². The van der Waals surface area contributed by atoms with Crippen LogP contribution < -0.4 is 5.32 Å². The van der Waals surface area contributed by atoms with Gasteiger partial charge in [0.05, 0.1) is 17.6 Å². The summed E-state index contributed by atoms with van der Waals surface area (Å²) in [5, 5.41) is 31.8. The number of hydrogen-bond acceptors (Lipinski definition) is 5. The van der Waals surface area contributed by atoms with Crippen LogP contribution in [0.2, 0.25) is 0 Å². The van der Waals surface area contributed by atoms with Crippen LogP contribution in [0, 0.1) is 24.0 Å². The van der Waals surface area contributed by atoms with Crippen molar-refractivity contribution in [2.24, 2.45) is 0 Å². The Morgan fingerprint density at radius 3 is 2.61 bits per heavy atom. The Balaban J connectivity index is 3.15. The van der Waals surface area contributed by atoms with Crippen LogP contribution in [0.4, 0.5) is 11.4 Å². The van der Waals surface area contributed by atoms with Crippen LogP contribution in [0.25, 0.3) is 0 Å². The minimum absolute atomic E-state index is 0.0548. The van der Waals surface area contributed by atoms with E-state index in [1.807, 2.05) is 6.92 Å². The van der Waals surface area contributed by atoms with Gasteiger partial charge in [-0.3, -0.25) is 10.1 Å². The molecule has 0 amide bonds. The van der Waals surface area contributed by atoms with E-state index in [1.54, 1.807) is 6.92 Å². The summed E-state index contributed by atoms with van der Waals surface area (Å²) >= 11 is 3.27. The van der Waals surface area contributed by atoms with E-state index in [9.17, 15) is 15.2 Å². The third kappa shape index (κ3) is 3.18. The van der Waals surface area contributed by atoms with E-state index in [4.69, 9.17) is 5.11 Å². The van der Waals surface area contributed by atoms with Gasteiger partial charge in [0.25, 0.3) is 5.69 Å². The summed E-state index contributed by atoms with van der Waals surface area (Å²) in [5.41, 5.74) is 1.94. The minimum Gasteiger partial charge on any atom is -0.394 e. The van der Waals surface area contributed by atoms with Crippen molar-refractivity contribution in [3.8, 4) is 0 Å². The van der Waals surface area contributed by atoms with Gasteiger partial charge in [-0.1, -0.05) is 15.9 Å². The predicted octanol–water partition coefficient (Wildman–Crippen LogP) is 1.74. The zero-order valence-corrected chi connectivity index (χ0v) is 11.7. The Morgan fingerprint density at radius 1 is 1.50 bits per heavy atom. The molecule has 0 aromatic heterocycles. The van der Waals surface area contributed by atoms with Gasteiger partial charge in [0.1, 0.15) is 5.69 Å². The molecule has 0 aliphatic heterocycles. The van der Waals surface area contributed by atoms with Crippen molar-refractivity contribution in [1.82, 2.24) is 0 Å². The molecule has 0 aliphatic rings. The summed E-state index contributed by atoms with van der Waals surface area (Å²) in [4.78, 5) is 10.5. The average molecular weight is 319 g/mol. The van der Waals surface area contributed by atoms with Gasteiger partial charge in [-0.25, -0.2) is 0 Å². The normalized spacial score (nSPS) is 12.3. The molecule has 1 unspecified atom stereocenters. The molecule has 18 heavy (non-hydrogen) atoms. The third-order valence-corrected chi connectivity index (χ3v) is 3.56. The second-order valence-corrected chi connectivity index (χ2v) is 4.83. The van der Waals surface area contributed by atoms with Crippen LogP contribution in [0.1, 0.15) is 11.1 Å². The van der Waals surface area contributed by atoms with Crippen LogP contribution >= 0.6 is 15.9 Å². The van der Waals surface area contributed by atoms with Crippen molar-refractivity contribution in [3.05, 3.63) is 31.8 Å². The molecule has 0 saturated heterocycles. The zero-order chi connectivity index (χ0) is 13.9. The fraction of sp³-hybridized carbons (Fsp3) is 0.455. The monoisotopic (exact) mass is 318 g/mol. The Morgan fingerprint density at radius 2 is 2.11 bits per heavy atom. The highest BCUT2D eigenvalue weighted by Crippen LogP contribution is 2.35. The molecule has 0 radical (unpaired) electrons. The number of aliphatic hydroxyl groups is 2. The van der Waals surface area contributed by atoms with E-state index >= 15 is 0 Å². The van der Waals surface area contributed by atoms with E-state index in [2.05, 4.69) is 21.2 Å². The Hall–Kier alpha value is -1.18. The molecule has 7 heteroatoms. The molecule has 0 saturated carbocycles. The van der Waals surface area contributed by atoms with Crippen LogP contribution in [-0.4, -0.2) is 34.4 Å². The van der Waals surface area contributed by atoms with Gasteiger partial charge in [0.15, 0.2) is 0 Å². The van der Waals surface area contributed by atoms with Crippen molar-refractivity contribution >= 4 is 27.3 Å². The molecule has 0 spiro atoms. The molecular formula is C11H15BrN2O4. The van der Waals surface area contributed by atoms with Crippen molar-refractivity contribution < 1.29 is 15.1 Å². The lowest BCUT2D eigenvalue weighted by Gasteiger charge is -2.15. The number of nitrogens with one attached hydrogen (secondary N) is 1. The van der Waals surface area contributed by atoms with Gasteiger partial charge >= 0.3 is 0 Å². The Labute approximate surface area is 113 Å². The predicted molar refractivity (Wildman–Crippen MR) is 71.9 cm³/mol. The summed E-state index contributed by atoms with van der Waals surface area (Å²) < 4.78 is 0.667. The summed E-state index contributed by atoms with van der Waals surface area (Å²) in [5.74, 6) is 0. The largest absolute Gasteiger partial charge is 0.394 e. The number of hydrogen-bond donors (Lipinski definition) is 3. The molecule has 3 N–H and O–H groups in total. The number of anilines is 1. The standard InChI is InChI=1S/C11H15BrN2O4/c1-6-7(2)11(13-4-8(16)5-15)10(14(17)18)3-9(6)12/h3,8,13,15-16H,4-5H2,1-2H3. The van der Waals surface area contributed by atoms with Gasteiger partial charge in [0.2, 0.25) is 0 Å². The molecule has 1 aromatic carbocycles. The summed E-state index contributed by atoms with van der Waals surface area (Å²) in [6, 6.07) is 1.43. The van der Waals surface area contributed by atoms with Gasteiger partial charge in [-0.15, -0.1) is 0 Å². The molecular weight excluding hydrogens is 304 g/mol. The maximum Gasteiger partial charge on any atom is 0.293 e. The van der Waals surface area contributed by atoms with Crippen molar-refractivity contribution in [1.29, 1.82) is 0 Å². The SMILES string of the molecule is Cc1c(Br)cc([N+](=O)[O-])c(NCC(O)CO)c1C. The van der Waals surface area contributed by atoms with E-state index in [0.29, 0.717) is 10.2 Å². The van der Waals surface area contributed by atoms with Gasteiger partial charge in [-0.05, 0) is 25.0 Å². The van der Waals surface area contributed by atoms with Gasteiger partial charge in [-0.2, -0.15) is 0 Å². The quantitative estimate of drug-likeness (QED) is 0.567. The number of nitrogens with zero attached hydrogens (tertiary/aromatic N) is 1. The maximum atomic E-state index is 11.0. The summed E-state index contributed by atoms with van der Waals surface area (Å²) in [6.07, 6.45) is -0.951. The summed E-state index contributed by atoms with van der Waals surface area (Å²) in [6.45, 7) is 3.27. The number of benzene rings is 1. The van der Waals surface area contributed by atoms with Crippen LogP contribution in [0.3, 0.4) is 0 Å². The molecule has 100 valence electrons. The number of nitro groups is 1. The molecule has 0 bridgehead atoms. The first-order chi connectivity index (χ1) is 8.38. The zero-order valence-electron chi connectivity index (χ0n) is 10.1. The molecule has 6 nitrogen and oxygen atoms in total. The smallest absolute Gasteiger partial charge is 0.293 e. The van der Waals surface area contributed by atoms with E-state index in [0.717, 1.165) is 11.1 Å². The topological polar surface area (TPSA) is 95.6 Å². The highest BCUT2D eigenvalue weighted by molar-refractivity contribution is 9.10. The first kappa shape index (κ1) is 14.9. The first-order valence-electron chi connectivity index (χ1n) is 5.35. The van der Waals surface area contributed by atoms with E-state index in [-0.39, 0.29) is 12.2 Å². The van der Waals surface area contributed by atoms with E-state index in [1.165, 1.54) is 6.07 Å². The van der Waals surface area contributed by atoms with Crippen molar-refractivity contribution in [2.75, 3.05) is 18.5 Å². The Kier molecular flexibility index (Phi) is 5.06. The van der Waals surface area contributed by atoms with Crippen molar-refractivity contribution in [2.45, 2.75) is 20.0 Å². The van der Waals surface area contributed by atoms with Crippen LogP contribution in [0.5, 0.6) is 0 Å². The summed E-state index contributed by atoms with van der Waals surface area (Å²) in [7, 11) is 0. The number of nitro benzene ring substituents is 1.